The summed E-state index contributed by atoms with van der Waals surface area (Å²) in [6.07, 6.45) is 0.706. The van der Waals surface area contributed by atoms with Gasteiger partial charge in [0.2, 0.25) is 0 Å². The molecule has 0 amide bonds. The molecule has 112 valence electrons. The summed E-state index contributed by atoms with van der Waals surface area (Å²) >= 11 is 0. The van der Waals surface area contributed by atoms with E-state index < -0.39 is 11.9 Å². The SMILES string of the molecule is COC(=O)c1ccc(COC(=O)c2ccc(C=O)cc2)cc1. The Kier molecular flexibility index (Phi) is 5.03. The first kappa shape index (κ1) is 15.4. The molecule has 0 fully saturated rings. The van der Waals surface area contributed by atoms with Gasteiger partial charge in [-0.1, -0.05) is 24.3 Å². The molecule has 0 atom stereocenters. The zero-order valence-corrected chi connectivity index (χ0v) is 11.9. The van der Waals surface area contributed by atoms with Crippen molar-refractivity contribution < 1.29 is 23.9 Å². The lowest BCUT2D eigenvalue weighted by atomic mass is 10.1. The van der Waals surface area contributed by atoms with Gasteiger partial charge in [-0.25, -0.2) is 9.59 Å². The Labute approximate surface area is 127 Å². The molecule has 0 aliphatic heterocycles. The first-order valence-corrected chi connectivity index (χ1v) is 6.53. The lowest BCUT2D eigenvalue weighted by Gasteiger charge is -2.06. The van der Waals surface area contributed by atoms with Gasteiger partial charge >= 0.3 is 11.9 Å². The predicted octanol–water partition coefficient (Wildman–Crippen LogP) is 2.64. The lowest BCUT2D eigenvalue weighted by Crippen LogP contribution is -2.06. The summed E-state index contributed by atoms with van der Waals surface area (Å²) < 4.78 is 9.77. The van der Waals surface area contributed by atoms with E-state index in [1.165, 1.54) is 19.2 Å². The van der Waals surface area contributed by atoms with Gasteiger partial charge in [0.25, 0.3) is 0 Å². The fourth-order valence-corrected chi connectivity index (χ4v) is 1.78. The van der Waals surface area contributed by atoms with E-state index in [9.17, 15) is 14.4 Å². The average Bonchev–Trinajstić information content (AvgIpc) is 2.59. The number of methoxy groups -OCH3 is 1. The number of hydrogen-bond donors (Lipinski definition) is 0. The molecule has 0 saturated heterocycles. The molecule has 0 heterocycles. The van der Waals surface area contributed by atoms with Crippen LogP contribution >= 0.6 is 0 Å². The molecule has 5 nitrogen and oxygen atoms in total. The van der Waals surface area contributed by atoms with Gasteiger partial charge in [-0.2, -0.15) is 0 Å². The smallest absolute Gasteiger partial charge is 0.338 e. The van der Waals surface area contributed by atoms with Gasteiger partial charge in [-0.3, -0.25) is 4.79 Å². The largest absolute Gasteiger partial charge is 0.465 e. The molecule has 2 aromatic rings. The van der Waals surface area contributed by atoms with E-state index in [2.05, 4.69) is 4.74 Å². The van der Waals surface area contributed by atoms with Gasteiger partial charge in [-0.15, -0.1) is 0 Å². The maximum Gasteiger partial charge on any atom is 0.338 e. The van der Waals surface area contributed by atoms with E-state index in [0.29, 0.717) is 23.0 Å². The first-order chi connectivity index (χ1) is 10.6. The third kappa shape index (κ3) is 3.79. The van der Waals surface area contributed by atoms with E-state index >= 15 is 0 Å². The van der Waals surface area contributed by atoms with Crippen molar-refractivity contribution >= 4 is 18.2 Å². The van der Waals surface area contributed by atoms with Crippen molar-refractivity contribution in [3.8, 4) is 0 Å². The standard InChI is InChI=1S/C17H14O5/c1-21-16(19)14-8-4-13(5-9-14)11-22-17(20)15-6-2-12(10-18)3-7-15/h2-10H,11H2,1H3. The second-order valence-electron chi connectivity index (χ2n) is 4.50. The lowest BCUT2D eigenvalue weighted by molar-refractivity contribution is 0.0471. The monoisotopic (exact) mass is 298 g/mol. The number of carbonyl (C=O) groups is 3. The molecule has 22 heavy (non-hydrogen) atoms. The summed E-state index contributed by atoms with van der Waals surface area (Å²) in [5.41, 5.74) is 2.05. The molecule has 0 bridgehead atoms. The van der Waals surface area contributed by atoms with E-state index in [1.54, 1.807) is 36.4 Å². The molecule has 5 heteroatoms. The molecule has 0 aromatic heterocycles. The molecular weight excluding hydrogens is 284 g/mol. The number of rotatable bonds is 5. The second kappa shape index (κ2) is 7.17. The highest BCUT2D eigenvalue weighted by Crippen LogP contribution is 2.09. The van der Waals surface area contributed by atoms with Crippen LogP contribution in [0, 0.1) is 0 Å². The zero-order chi connectivity index (χ0) is 15.9. The Morgan fingerprint density at radius 3 is 2.00 bits per heavy atom. The summed E-state index contributed by atoms with van der Waals surface area (Å²) in [6.45, 7) is 0.0930. The van der Waals surface area contributed by atoms with Crippen LogP contribution in [0.25, 0.3) is 0 Å². The van der Waals surface area contributed by atoms with Gasteiger partial charge in [0.15, 0.2) is 0 Å². The van der Waals surface area contributed by atoms with Crippen LogP contribution in [-0.2, 0) is 16.1 Å². The minimum atomic E-state index is -0.477. The van der Waals surface area contributed by atoms with Crippen LogP contribution in [0.3, 0.4) is 0 Å². The van der Waals surface area contributed by atoms with Crippen LogP contribution in [0.5, 0.6) is 0 Å². The molecular formula is C17H14O5. The second-order valence-corrected chi connectivity index (χ2v) is 4.50. The third-order valence-corrected chi connectivity index (χ3v) is 3.03. The van der Waals surface area contributed by atoms with Crippen molar-refractivity contribution in [3.63, 3.8) is 0 Å². The third-order valence-electron chi connectivity index (χ3n) is 3.03. The highest BCUT2D eigenvalue weighted by Gasteiger charge is 2.08. The maximum absolute atomic E-state index is 11.9. The van der Waals surface area contributed by atoms with Crippen LogP contribution < -0.4 is 0 Å². The Bertz CT molecular complexity index is 671. The van der Waals surface area contributed by atoms with Crippen molar-refractivity contribution in [3.05, 3.63) is 70.8 Å². The Balaban J connectivity index is 1.95. The normalized spacial score (nSPS) is 9.86. The van der Waals surface area contributed by atoms with Crippen LogP contribution in [0.4, 0.5) is 0 Å². The quantitative estimate of drug-likeness (QED) is 0.627. The van der Waals surface area contributed by atoms with Gasteiger partial charge in [-0.05, 0) is 29.8 Å². The van der Waals surface area contributed by atoms with Crippen LogP contribution in [-0.4, -0.2) is 25.3 Å². The number of hydrogen-bond acceptors (Lipinski definition) is 5. The van der Waals surface area contributed by atoms with Crippen molar-refractivity contribution in [1.82, 2.24) is 0 Å². The van der Waals surface area contributed by atoms with Crippen molar-refractivity contribution in [2.75, 3.05) is 7.11 Å². The highest BCUT2D eigenvalue weighted by atomic mass is 16.5. The van der Waals surface area contributed by atoms with Crippen LogP contribution in [0.1, 0.15) is 36.6 Å². The van der Waals surface area contributed by atoms with Crippen molar-refractivity contribution in [1.29, 1.82) is 0 Å². The van der Waals surface area contributed by atoms with Crippen LogP contribution in [0.2, 0.25) is 0 Å². The molecule has 2 aromatic carbocycles. The minimum absolute atomic E-state index is 0.0930. The van der Waals surface area contributed by atoms with E-state index in [1.807, 2.05) is 0 Å². The van der Waals surface area contributed by atoms with Gasteiger partial charge in [0.1, 0.15) is 12.9 Å². The molecule has 0 unspecified atom stereocenters. The zero-order valence-electron chi connectivity index (χ0n) is 11.9. The first-order valence-electron chi connectivity index (χ1n) is 6.53. The fourth-order valence-electron chi connectivity index (χ4n) is 1.78. The van der Waals surface area contributed by atoms with E-state index in [4.69, 9.17) is 4.74 Å². The summed E-state index contributed by atoms with van der Waals surface area (Å²) in [5, 5.41) is 0. The fraction of sp³-hybridized carbons (Fsp3) is 0.118. The average molecular weight is 298 g/mol. The highest BCUT2D eigenvalue weighted by molar-refractivity contribution is 5.90. The number of aldehydes is 1. The summed E-state index contributed by atoms with van der Waals surface area (Å²) in [4.78, 5) is 33.7. The Morgan fingerprint density at radius 1 is 0.909 bits per heavy atom. The molecule has 0 aliphatic carbocycles. The summed E-state index contributed by atoms with van der Waals surface area (Å²) in [6, 6.07) is 12.8. The van der Waals surface area contributed by atoms with Crippen LogP contribution in [0.15, 0.2) is 48.5 Å². The molecule has 0 N–H and O–H groups in total. The number of esters is 2. The molecule has 0 radical (unpaired) electrons. The molecule has 2 rings (SSSR count). The van der Waals surface area contributed by atoms with Gasteiger partial charge in [0.05, 0.1) is 18.2 Å². The maximum atomic E-state index is 11.9. The summed E-state index contributed by atoms with van der Waals surface area (Å²) in [7, 11) is 1.31. The van der Waals surface area contributed by atoms with Crippen molar-refractivity contribution in [2.45, 2.75) is 6.61 Å². The predicted molar refractivity (Wildman–Crippen MR) is 78.7 cm³/mol. The number of benzene rings is 2. The summed E-state index contributed by atoms with van der Waals surface area (Å²) in [5.74, 6) is -0.895. The minimum Gasteiger partial charge on any atom is -0.465 e. The molecule has 0 spiro atoms. The Morgan fingerprint density at radius 2 is 1.45 bits per heavy atom. The van der Waals surface area contributed by atoms with E-state index in [-0.39, 0.29) is 6.61 Å². The molecule has 0 aliphatic rings. The number of ether oxygens (including phenoxy) is 2. The van der Waals surface area contributed by atoms with E-state index in [0.717, 1.165) is 5.56 Å². The van der Waals surface area contributed by atoms with Gasteiger partial charge < -0.3 is 9.47 Å². The van der Waals surface area contributed by atoms with Gasteiger partial charge in [0, 0.05) is 5.56 Å². The molecule has 0 saturated carbocycles. The topological polar surface area (TPSA) is 69.7 Å². The number of carbonyl (C=O) groups excluding carboxylic acids is 3. The Hall–Kier alpha value is -2.95. The van der Waals surface area contributed by atoms with Crippen molar-refractivity contribution in [2.24, 2.45) is 0 Å².